The average Bonchev–Trinajstić information content (AvgIpc) is 2.68. The Hall–Kier alpha value is -1.38. The first-order valence-electron chi connectivity index (χ1n) is 6.38. The number of nitrogens with one attached hydrogen (secondary N) is 1. The van der Waals surface area contributed by atoms with E-state index in [1.807, 2.05) is 6.07 Å². The number of benzene rings is 1. The molecular weight excluding hydrogens is 356 g/mol. The standard InChI is InChI=1S/C13H17BrN4O2S/c1-9-13(10(2)18(16-9)8-7-15)21(19,20)17-12-6-4-3-5-11(12)14/h3-6,17H,7-8,15H2,1-2H3. The number of anilines is 1. The first-order chi connectivity index (χ1) is 9.86. The molecule has 0 aliphatic carbocycles. The van der Waals surface area contributed by atoms with Crippen LogP contribution in [0.3, 0.4) is 0 Å². The number of nitrogens with zero attached hydrogens (tertiary/aromatic N) is 2. The molecule has 0 aliphatic rings. The van der Waals surface area contributed by atoms with Crippen LogP contribution in [0.1, 0.15) is 11.4 Å². The van der Waals surface area contributed by atoms with Gasteiger partial charge in [-0.15, -0.1) is 0 Å². The monoisotopic (exact) mass is 372 g/mol. The zero-order chi connectivity index (χ0) is 15.6. The summed E-state index contributed by atoms with van der Waals surface area (Å²) in [5.74, 6) is 0. The molecule has 2 aromatic rings. The number of nitrogens with two attached hydrogens (primary N) is 1. The number of sulfonamides is 1. The number of hydrogen-bond donors (Lipinski definition) is 2. The minimum absolute atomic E-state index is 0.201. The minimum Gasteiger partial charge on any atom is -0.329 e. The third kappa shape index (κ3) is 3.28. The van der Waals surface area contributed by atoms with E-state index in [0.717, 1.165) is 0 Å². The van der Waals surface area contributed by atoms with Crippen LogP contribution in [0, 0.1) is 13.8 Å². The fraction of sp³-hybridized carbons (Fsp3) is 0.308. The Kier molecular flexibility index (Phi) is 4.70. The van der Waals surface area contributed by atoms with E-state index in [4.69, 9.17) is 5.73 Å². The minimum atomic E-state index is -3.70. The molecule has 0 atom stereocenters. The fourth-order valence-electron chi connectivity index (χ4n) is 2.15. The van der Waals surface area contributed by atoms with Gasteiger partial charge in [-0.05, 0) is 41.9 Å². The summed E-state index contributed by atoms with van der Waals surface area (Å²) in [6.45, 7) is 4.29. The lowest BCUT2D eigenvalue weighted by Crippen LogP contribution is -2.16. The molecule has 114 valence electrons. The number of hydrogen-bond acceptors (Lipinski definition) is 4. The molecule has 1 aromatic heterocycles. The molecular formula is C13H17BrN4O2S. The summed E-state index contributed by atoms with van der Waals surface area (Å²) in [4.78, 5) is 0.201. The van der Waals surface area contributed by atoms with E-state index in [2.05, 4.69) is 25.8 Å². The first kappa shape index (κ1) is 16.0. The van der Waals surface area contributed by atoms with Crippen molar-refractivity contribution in [2.24, 2.45) is 5.73 Å². The highest BCUT2D eigenvalue weighted by molar-refractivity contribution is 9.10. The van der Waals surface area contributed by atoms with Crippen molar-refractivity contribution in [2.45, 2.75) is 25.3 Å². The number of halogens is 1. The molecule has 1 heterocycles. The molecule has 0 amide bonds. The molecule has 1 aromatic carbocycles. The van der Waals surface area contributed by atoms with Crippen molar-refractivity contribution in [2.75, 3.05) is 11.3 Å². The van der Waals surface area contributed by atoms with E-state index in [1.54, 1.807) is 36.7 Å². The van der Waals surface area contributed by atoms with E-state index in [-0.39, 0.29) is 4.90 Å². The van der Waals surface area contributed by atoms with Gasteiger partial charge in [-0.3, -0.25) is 9.40 Å². The van der Waals surface area contributed by atoms with Crippen molar-refractivity contribution < 1.29 is 8.42 Å². The molecule has 3 N–H and O–H groups in total. The van der Waals surface area contributed by atoms with Crippen LogP contribution in [-0.2, 0) is 16.6 Å². The molecule has 0 fully saturated rings. The number of rotatable bonds is 5. The Balaban J connectivity index is 2.43. The van der Waals surface area contributed by atoms with Gasteiger partial charge in [0.25, 0.3) is 10.0 Å². The predicted octanol–water partition coefficient (Wildman–Crippen LogP) is 2.02. The zero-order valence-corrected chi connectivity index (χ0v) is 14.2. The molecule has 0 aliphatic heterocycles. The van der Waals surface area contributed by atoms with Crippen LogP contribution >= 0.6 is 15.9 Å². The lowest BCUT2D eigenvalue weighted by Gasteiger charge is -2.10. The lowest BCUT2D eigenvalue weighted by atomic mass is 10.3. The Morgan fingerprint density at radius 1 is 1.33 bits per heavy atom. The van der Waals surface area contributed by atoms with E-state index >= 15 is 0 Å². The Morgan fingerprint density at radius 3 is 2.62 bits per heavy atom. The van der Waals surface area contributed by atoms with E-state index in [0.29, 0.717) is 34.6 Å². The van der Waals surface area contributed by atoms with Gasteiger partial charge >= 0.3 is 0 Å². The molecule has 21 heavy (non-hydrogen) atoms. The second-order valence-electron chi connectivity index (χ2n) is 4.60. The highest BCUT2D eigenvalue weighted by Gasteiger charge is 2.25. The summed E-state index contributed by atoms with van der Waals surface area (Å²) in [7, 11) is -3.70. The third-order valence-corrected chi connectivity index (χ3v) is 5.35. The van der Waals surface area contributed by atoms with Crippen LogP contribution < -0.4 is 10.5 Å². The maximum atomic E-state index is 12.6. The molecule has 0 bridgehead atoms. The third-order valence-electron chi connectivity index (χ3n) is 3.04. The smallest absolute Gasteiger partial charge is 0.265 e. The van der Waals surface area contributed by atoms with Crippen molar-refractivity contribution in [1.29, 1.82) is 0 Å². The number of aryl methyl sites for hydroxylation is 1. The fourth-order valence-corrected chi connectivity index (χ4v) is 4.16. The SMILES string of the molecule is Cc1nn(CCN)c(C)c1S(=O)(=O)Nc1ccccc1Br. The van der Waals surface area contributed by atoms with Crippen LogP contribution in [0.2, 0.25) is 0 Å². The summed E-state index contributed by atoms with van der Waals surface area (Å²) >= 11 is 3.32. The van der Waals surface area contributed by atoms with E-state index < -0.39 is 10.0 Å². The molecule has 8 heteroatoms. The van der Waals surface area contributed by atoms with Crippen molar-refractivity contribution in [1.82, 2.24) is 9.78 Å². The largest absolute Gasteiger partial charge is 0.329 e. The van der Waals surface area contributed by atoms with Crippen molar-refractivity contribution in [3.05, 3.63) is 40.1 Å². The first-order valence-corrected chi connectivity index (χ1v) is 8.66. The maximum Gasteiger partial charge on any atom is 0.265 e. The quantitative estimate of drug-likeness (QED) is 0.839. The Bertz CT molecular complexity index is 756. The van der Waals surface area contributed by atoms with Gasteiger partial charge in [-0.1, -0.05) is 12.1 Å². The van der Waals surface area contributed by atoms with Crippen molar-refractivity contribution >= 4 is 31.6 Å². The Labute approximate surface area is 132 Å². The van der Waals surface area contributed by atoms with Gasteiger partial charge in [0, 0.05) is 11.0 Å². The van der Waals surface area contributed by atoms with E-state index in [1.165, 1.54) is 0 Å². The van der Waals surface area contributed by atoms with Gasteiger partial charge in [-0.2, -0.15) is 5.10 Å². The van der Waals surface area contributed by atoms with Crippen LogP contribution in [0.25, 0.3) is 0 Å². The van der Waals surface area contributed by atoms with Gasteiger partial charge in [0.15, 0.2) is 0 Å². The van der Waals surface area contributed by atoms with Gasteiger partial charge in [0.2, 0.25) is 0 Å². The highest BCUT2D eigenvalue weighted by Crippen LogP contribution is 2.27. The molecule has 0 saturated carbocycles. The summed E-state index contributed by atoms with van der Waals surface area (Å²) in [5, 5.41) is 4.24. The zero-order valence-electron chi connectivity index (χ0n) is 11.8. The van der Waals surface area contributed by atoms with Crippen LogP contribution in [0.4, 0.5) is 5.69 Å². The van der Waals surface area contributed by atoms with Gasteiger partial charge in [0.05, 0.1) is 23.6 Å². The summed E-state index contributed by atoms with van der Waals surface area (Å²) in [6, 6.07) is 7.05. The second kappa shape index (κ2) is 6.17. The number of para-hydroxylation sites is 1. The molecule has 0 radical (unpaired) electrons. The second-order valence-corrected chi connectivity index (χ2v) is 7.07. The normalized spacial score (nSPS) is 11.6. The molecule has 6 nitrogen and oxygen atoms in total. The van der Waals surface area contributed by atoms with Gasteiger partial charge < -0.3 is 5.73 Å². The van der Waals surface area contributed by atoms with Crippen LogP contribution in [-0.4, -0.2) is 24.7 Å². The van der Waals surface area contributed by atoms with Crippen molar-refractivity contribution in [3.8, 4) is 0 Å². The van der Waals surface area contributed by atoms with Crippen LogP contribution in [0.15, 0.2) is 33.6 Å². The molecule has 0 spiro atoms. The van der Waals surface area contributed by atoms with Crippen molar-refractivity contribution in [3.63, 3.8) is 0 Å². The van der Waals surface area contributed by atoms with Crippen LogP contribution in [0.5, 0.6) is 0 Å². The van der Waals surface area contributed by atoms with Gasteiger partial charge in [0.1, 0.15) is 4.90 Å². The predicted molar refractivity (Wildman–Crippen MR) is 85.7 cm³/mol. The molecule has 2 rings (SSSR count). The molecule has 0 unspecified atom stereocenters. The van der Waals surface area contributed by atoms with E-state index in [9.17, 15) is 8.42 Å². The summed E-state index contributed by atoms with van der Waals surface area (Å²) in [6.07, 6.45) is 0. The summed E-state index contributed by atoms with van der Waals surface area (Å²) in [5.41, 5.74) is 7.04. The highest BCUT2D eigenvalue weighted by atomic mass is 79.9. The topological polar surface area (TPSA) is 90.0 Å². The van der Waals surface area contributed by atoms with Gasteiger partial charge in [-0.25, -0.2) is 8.42 Å². The average molecular weight is 373 g/mol. The lowest BCUT2D eigenvalue weighted by molar-refractivity contribution is 0.593. The number of aromatic nitrogens is 2. The Morgan fingerprint density at radius 2 is 2.00 bits per heavy atom. The summed E-state index contributed by atoms with van der Waals surface area (Å²) < 4.78 is 30.1. The molecule has 0 saturated heterocycles. The maximum absolute atomic E-state index is 12.6.